The molecule has 14 heteroatoms. The molecule has 376 valence electrons. The molecular formula is C57H71N7O7. The maximum atomic E-state index is 13.7. The number of amides is 4. The highest BCUT2D eigenvalue weighted by atomic mass is 16.2. The molecule has 4 amide bonds. The Kier molecular flexibility index (Phi) is 28.3. The monoisotopic (exact) mass is 966 g/mol. The lowest BCUT2D eigenvalue weighted by atomic mass is 9.97. The standard InChI is InChI=1S/C27H26N2O.C13H17NO2.C8H16N2O2.C8H10N2O.CH2O/c1-3-21-11-7-13-26(21)27(30)29(20(2)24-12-8-18-28-19-24)25-16-14-23(15-17-25)22-9-5-4-6-10-22;1-2-3-4-7-14-13-6-5-11(9-15)12(8-13)10-16;1-7(10(2)3)4-5-8(12)9-6-11;9-7(8(10)11)6-4-2-1-3-5-6;1-2/h4-21H,3H2,1-2H3;5-6,8-10,14H,2-4,7H2,1H3;6-7H,4-5H2,1-3H3,(H,9,11,12);1-5,7H,9H2,(H2,10,11);1H2/t20-,21?;;;;/m0..../s1. The minimum Gasteiger partial charge on any atom is -0.385 e. The first-order valence-electron chi connectivity index (χ1n) is 23.6. The van der Waals surface area contributed by atoms with Gasteiger partial charge in [0.05, 0.1) is 6.04 Å². The Morgan fingerprint density at radius 3 is 1.96 bits per heavy atom. The molecule has 0 aliphatic heterocycles. The molecule has 3 unspecified atom stereocenters. The number of allylic oxidation sites excluding steroid dienone is 3. The van der Waals surface area contributed by atoms with E-state index in [4.69, 9.17) is 16.3 Å². The fourth-order valence-electron chi connectivity index (χ4n) is 7.04. The molecule has 0 bridgehead atoms. The summed E-state index contributed by atoms with van der Waals surface area (Å²) in [5, 5.41) is 5.33. The van der Waals surface area contributed by atoms with Gasteiger partial charge >= 0.3 is 0 Å². The highest BCUT2D eigenvalue weighted by Crippen LogP contribution is 2.34. The zero-order valence-corrected chi connectivity index (χ0v) is 41.9. The van der Waals surface area contributed by atoms with Crippen LogP contribution in [-0.2, 0) is 24.0 Å². The second-order valence-corrected chi connectivity index (χ2v) is 16.6. The quantitative estimate of drug-likeness (QED) is 0.0426. The number of aldehydes is 2. The van der Waals surface area contributed by atoms with E-state index < -0.39 is 11.9 Å². The van der Waals surface area contributed by atoms with Crippen molar-refractivity contribution >= 4 is 54.9 Å². The Morgan fingerprint density at radius 1 is 0.789 bits per heavy atom. The van der Waals surface area contributed by atoms with Crippen LogP contribution in [0.1, 0.15) is 110 Å². The van der Waals surface area contributed by atoms with Gasteiger partial charge in [0, 0.05) is 65.4 Å². The van der Waals surface area contributed by atoms with Crippen molar-refractivity contribution in [2.45, 2.75) is 84.3 Å². The number of carbonyl (C=O) groups excluding carboxylic acids is 7. The van der Waals surface area contributed by atoms with Crippen molar-refractivity contribution in [2.75, 3.05) is 30.9 Å². The number of primary amides is 1. The molecule has 5 aromatic rings. The van der Waals surface area contributed by atoms with Crippen LogP contribution in [0.3, 0.4) is 0 Å². The summed E-state index contributed by atoms with van der Waals surface area (Å²) >= 11 is 0. The molecule has 6 N–H and O–H groups in total. The summed E-state index contributed by atoms with van der Waals surface area (Å²) < 4.78 is 0. The van der Waals surface area contributed by atoms with Gasteiger partial charge in [-0.15, -0.1) is 0 Å². The SMILES string of the molecule is C=O.CC(CCC(=O)NC=O)N(C)C.CCC1C=CC=C1C(=O)N(c1ccc(-c2ccccc2)cc1)[C@@H](C)c1cccnc1.CCCCCNc1ccc(C=O)c(C=O)c1.NC(=O)C(N)c1ccccc1. The number of rotatable bonds is 20. The van der Waals surface area contributed by atoms with Crippen molar-refractivity contribution in [1.29, 1.82) is 0 Å². The molecule has 1 heterocycles. The van der Waals surface area contributed by atoms with Gasteiger partial charge < -0.3 is 31.4 Å². The first kappa shape index (κ1) is 59.4. The van der Waals surface area contributed by atoms with Crippen LogP contribution in [0, 0.1) is 5.92 Å². The lowest BCUT2D eigenvalue weighted by Gasteiger charge is -2.31. The number of benzene rings is 4. The normalized spacial score (nSPS) is 13.2. The Morgan fingerprint density at radius 2 is 1.41 bits per heavy atom. The van der Waals surface area contributed by atoms with Crippen LogP contribution in [0.2, 0.25) is 0 Å². The van der Waals surface area contributed by atoms with Crippen molar-refractivity contribution in [3.63, 3.8) is 0 Å². The maximum absolute atomic E-state index is 13.7. The van der Waals surface area contributed by atoms with E-state index in [2.05, 4.69) is 66.7 Å². The summed E-state index contributed by atoms with van der Waals surface area (Å²) in [6.45, 7) is 11.3. The van der Waals surface area contributed by atoms with E-state index in [1.165, 1.54) is 12.8 Å². The van der Waals surface area contributed by atoms with Crippen LogP contribution in [0.4, 0.5) is 11.4 Å². The van der Waals surface area contributed by atoms with Gasteiger partial charge in [-0.3, -0.25) is 39.1 Å². The lowest BCUT2D eigenvalue weighted by Crippen LogP contribution is -2.36. The van der Waals surface area contributed by atoms with Crippen LogP contribution in [0.15, 0.2) is 151 Å². The Balaban J connectivity index is 0.000000355. The summed E-state index contributed by atoms with van der Waals surface area (Å²) in [5.74, 6) is -0.491. The van der Waals surface area contributed by atoms with E-state index in [0.29, 0.717) is 42.6 Å². The molecule has 6 rings (SSSR count). The molecule has 1 aliphatic carbocycles. The number of nitrogens with one attached hydrogen (secondary N) is 2. The number of nitrogens with two attached hydrogens (primary N) is 2. The maximum Gasteiger partial charge on any atom is 0.255 e. The molecule has 0 saturated carbocycles. The molecule has 0 spiro atoms. The number of aromatic nitrogens is 1. The predicted molar refractivity (Wildman–Crippen MR) is 285 cm³/mol. The van der Waals surface area contributed by atoms with Crippen molar-refractivity contribution in [2.24, 2.45) is 17.4 Å². The van der Waals surface area contributed by atoms with E-state index >= 15 is 0 Å². The van der Waals surface area contributed by atoms with Gasteiger partial charge in [0.15, 0.2) is 12.6 Å². The topological polar surface area (TPSA) is 215 Å². The molecule has 0 radical (unpaired) electrons. The summed E-state index contributed by atoms with van der Waals surface area (Å²) in [7, 11) is 3.92. The highest BCUT2D eigenvalue weighted by Gasteiger charge is 2.30. The van der Waals surface area contributed by atoms with Crippen LogP contribution in [-0.4, -0.2) is 80.1 Å². The minimum atomic E-state index is -0.684. The molecular weight excluding hydrogens is 895 g/mol. The van der Waals surface area contributed by atoms with Crippen LogP contribution in [0.25, 0.3) is 11.1 Å². The van der Waals surface area contributed by atoms with Crippen LogP contribution >= 0.6 is 0 Å². The van der Waals surface area contributed by atoms with Gasteiger partial charge in [0.2, 0.25) is 18.2 Å². The van der Waals surface area contributed by atoms with E-state index in [1.54, 1.807) is 30.5 Å². The third kappa shape index (κ3) is 20.4. The fourth-order valence-corrected chi connectivity index (χ4v) is 7.04. The molecule has 0 fully saturated rings. The Bertz CT molecular complexity index is 2430. The van der Waals surface area contributed by atoms with Gasteiger partial charge in [-0.1, -0.05) is 124 Å². The van der Waals surface area contributed by atoms with Crippen LogP contribution in [0.5, 0.6) is 0 Å². The second kappa shape index (κ2) is 33.8. The highest BCUT2D eigenvalue weighted by molar-refractivity contribution is 6.07. The summed E-state index contributed by atoms with van der Waals surface area (Å²) in [5.41, 5.74) is 18.0. The number of hydrogen-bond acceptors (Lipinski definition) is 11. The fraction of sp³-hybridized carbons (Fsp3) is 0.298. The van der Waals surface area contributed by atoms with Gasteiger partial charge in [-0.05, 0) is 106 Å². The van der Waals surface area contributed by atoms with Crippen molar-refractivity contribution in [3.05, 3.63) is 174 Å². The summed E-state index contributed by atoms with van der Waals surface area (Å²) in [6.07, 6.45) is 17.1. The van der Waals surface area contributed by atoms with Crippen molar-refractivity contribution < 1.29 is 33.6 Å². The predicted octanol–water partition coefficient (Wildman–Crippen LogP) is 9.26. The first-order chi connectivity index (χ1) is 34.3. The molecule has 0 saturated heterocycles. The zero-order valence-electron chi connectivity index (χ0n) is 41.9. The zero-order chi connectivity index (χ0) is 52.6. The van der Waals surface area contributed by atoms with Gasteiger partial charge in [0.25, 0.3) is 5.91 Å². The van der Waals surface area contributed by atoms with E-state index in [1.807, 2.05) is 123 Å². The van der Waals surface area contributed by atoms with E-state index in [9.17, 15) is 28.8 Å². The molecule has 71 heavy (non-hydrogen) atoms. The van der Waals surface area contributed by atoms with Crippen molar-refractivity contribution in [1.82, 2.24) is 15.2 Å². The van der Waals surface area contributed by atoms with Gasteiger partial charge in [-0.2, -0.15) is 0 Å². The lowest BCUT2D eigenvalue weighted by molar-refractivity contribution is -0.125. The van der Waals surface area contributed by atoms with E-state index in [0.717, 1.165) is 65.0 Å². The molecule has 4 atom stereocenters. The smallest absolute Gasteiger partial charge is 0.255 e. The number of imide groups is 1. The minimum absolute atomic E-state index is 0.0515. The van der Waals surface area contributed by atoms with Gasteiger partial charge in [-0.25, -0.2) is 0 Å². The van der Waals surface area contributed by atoms with E-state index in [-0.39, 0.29) is 23.8 Å². The average molecular weight is 966 g/mol. The first-order valence-corrected chi connectivity index (χ1v) is 23.6. The number of anilines is 2. The molecule has 1 aromatic heterocycles. The van der Waals surface area contributed by atoms with Crippen molar-refractivity contribution in [3.8, 4) is 11.1 Å². The number of unbranched alkanes of at least 4 members (excludes halogenated alkanes) is 2. The number of nitrogens with zero attached hydrogens (tertiary/aromatic N) is 3. The third-order valence-corrected chi connectivity index (χ3v) is 11.5. The molecule has 14 nitrogen and oxygen atoms in total. The summed E-state index contributed by atoms with van der Waals surface area (Å²) in [4.78, 5) is 82.5. The van der Waals surface area contributed by atoms with Gasteiger partial charge in [0.1, 0.15) is 12.8 Å². The Hall–Kier alpha value is -7.68. The second-order valence-electron chi connectivity index (χ2n) is 16.6. The number of hydrogen-bond donors (Lipinski definition) is 4. The summed E-state index contributed by atoms with van der Waals surface area (Å²) in [6, 6.07) is 36.2. The van der Waals surface area contributed by atoms with Crippen LogP contribution < -0.4 is 27.0 Å². The third-order valence-electron chi connectivity index (χ3n) is 11.5. The largest absolute Gasteiger partial charge is 0.385 e. The molecule has 1 aliphatic rings. The average Bonchev–Trinajstić information content (AvgIpc) is 3.90. The number of carbonyl (C=O) groups is 7. The number of pyridine rings is 1. The Labute approximate surface area is 419 Å². The molecule has 4 aromatic carbocycles.